The van der Waals surface area contributed by atoms with E-state index in [2.05, 4.69) is 10.6 Å². The van der Waals surface area contributed by atoms with Crippen LogP contribution in [0.5, 0.6) is 11.5 Å². The number of methoxy groups -OCH3 is 1. The van der Waals surface area contributed by atoms with Gasteiger partial charge in [0.2, 0.25) is 5.91 Å². The molecule has 0 aliphatic carbocycles. The lowest BCUT2D eigenvalue weighted by molar-refractivity contribution is -0.122. The first kappa shape index (κ1) is 20.1. The van der Waals surface area contributed by atoms with Crippen LogP contribution in [0.3, 0.4) is 0 Å². The molecular weight excluding hydrogens is 366 g/mol. The molecule has 5 nitrogen and oxygen atoms in total. The third kappa shape index (κ3) is 5.19. The van der Waals surface area contributed by atoms with Crippen molar-refractivity contribution in [2.45, 2.75) is 31.8 Å². The number of carbonyl (C=O) groups is 1. The molecule has 28 heavy (non-hydrogen) atoms. The molecule has 0 radical (unpaired) electrons. The van der Waals surface area contributed by atoms with Crippen molar-refractivity contribution >= 4 is 5.91 Å². The smallest absolute Gasteiger partial charge is 0.237 e. The molecule has 1 aliphatic rings. The summed E-state index contributed by atoms with van der Waals surface area (Å²) in [5.74, 6) is -0.404. The zero-order valence-electron chi connectivity index (χ0n) is 15.8. The summed E-state index contributed by atoms with van der Waals surface area (Å²) < 4.78 is 38.2. The van der Waals surface area contributed by atoms with Crippen molar-refractivity contribution in [1.29, 1.82) is 0 Å². The number of hydrogen-bond acceptors (Lipinski definition) is 4. The Bertz CT molecular complexity index is 806. The minimum atomic E-state index is -0.525. The van der Waals surface area contributed by atoms with Gasteiger partial charge in [0.25, 0.3) is 0 Å². The second-order valence-electron chi connectivity index (χ2n) is 6.69. The number of carbonyl (C=O) groups excluding carboxylic acids is 1. The monoisotopic (exact) mass is 390 g/mol. The fraction of sp³-hybridized carbons (Fsp3) is 0.381. The van der Waals surface area contributed by atoms with Gasteiger partial charge in [-0.1, -0.05) is 12.1 Å². The maximum Gasteiger partial charge on any atom is 0.237 e. The molecule has 150 valence electrons. The van der Waals surface area contributed by atoms with Gasteiger partial charge in [0.15, 0.2) is 11.6 Å². The predicted octanol–water partition coefficient (Wildman–Crippen LogP) is 2.96. The van der Waals surface area contributed by atoms with Gasteiger partial charge in [0.05, 0.1) is 19.8 Å². The Kier molecular flexibility index (Phi) is 6.81. The van der Waals surface area contributed by atoms with Crippen LogP contribution in [-0.2, 0) is 17.8 Å². The van der Waals surface area contributed by atoms with Gasteiger partial charge in [0, 0.05) is 24.6 Å². The van der Waals surface area contributed by atoms with E-state index < -0.39 is 5.82 Å². The van der Waals surface area contributed by atoms with Gasteiger partial charge in [-0.05, 0) is 43.1 Å². The van der Waals surface area contributed by atoms with Gasteiger partial charge < -0.3 is 20.1 Å². The number of rotatable bonds is 8. The minimum Gasteiger partial charge on any atom is -0.496 e. The highest BCUT2D eigenvalue weighted by Gasteiger charge is 2.22. The van der Waals surface area contributed by atoms with Crippen molar-refractivity contribution in [3.63, 3.8) is 0 Å². The second kappa shape index (κ2) is 9.50. The number of nitrogens with one attached hydrogen (secondary N) is 2. The third-order valence-electron chi connectivity index (χ3n) is 4.73. The highest BCUT2D eigenvalue weighted by Crippen LogP contribution is 2.28. The first-order valence-electron chi connectivity index (χ1n) is 9.31. The molecule has 1 atom stereocenters. The number of ether oxygens (including phenoxy) is 2. The topological polar surface area (TPSA) is 59.6 Å². The first-order chi connectivity index (χ1) is 13.6. The van der Waals surface area contributed by atoms with Crippen LogP contribution in [0, 0.1) is 11.6 Å². The number of halogens is 2. The number of benzene rings is 2. The molecule has 1 amide bonds. The van der Waals surface area contributed by atoms with Gasteiger partial charge in [0.1, 0.15) is 11.6 Å². The van der Waals surface area contributed by atoms with Crippen molar-refractivity contribution in [3.8, 4) is 11.5 Å². The van der Waals surface area contributed by atoms with Crippen molar-refractivity contribution < 1.29 is 23.0 Å². The van der Waals surface area contributed by atoms with Crippen LogP contribution in [0.25, 0.3) is 0 Å². The molecule has 0 aromatic heterocycles. The van der Waals surface area contributed by atoms with Crippen LogP contribution in [0.2, 0.25) is 0 Å². The van der Waals surface area contributed by atoms with E-state index in [-0.39, 0.29) is 36.7 Å². The maximum atomic E-state index is 14.4. The highest BCUT2D eigenvalue weighted by atomic mass is 19.1. The lowest BCUT2D eigenvalue weighted by Crippen LogP contribution is -2.40. The average Bonchev–Trinajstić information content (AvgIpc) is 3.24. The summed E-state index contributed by atoms with van der Waals surface area (Å²) in [6.07, 6.45) is 2.30. The molecule has 0 saturated carbocycles. The maximum absolute atomic E-state index is 14.4. The fourth-order valence-corrected chi connectivity index (χ4v) is 3.16. The summed E-state index contributed by atoms with van der Waals surface area (Å²) in [7, 11) is 1.49. The fourth-order valence-electron chi connectivity index (χ4n) is 3.16. The third-order valence-corrected chi connectivity index (χ3v) is 4.73. The van der Waals surface area contributed by atoms with Crippen molar-refractivity contribution in [2.75, 3.05) is 20.3 Å². The summed E-state index contributed by atoms with van der Waals surface area (Å²) in [4.78, 5) is 12.1. The van der Waals surface area contributed by atoms with Crippen LogP contribution in [0.1, 0.15) is 24.0 Å². The van der Waals surface area contributed by atoms with Crippen LogP contribution in [0.4, 0.5) is 8.78 Å². The molecule has 0 spiro atoms. The van der Waals surface area contributed by atoms with Gasteiger partial charge in [-0.25, -0.2) is 8.78 Å². The molecule has 1 heterocycles. The second-order valence-corrected chi connectivity index (χ2v) is 6.69. The Balaban J connectivity index is 1.58. The molecular formula is C21H24F2N2O3. The Labute approximate surface area is 163 Å². The van der Waals surface area contributed by atoms with E-state index in [1.165, 1.54) is 31.4 Å². The van der Waals surface area contributed by atoms with E-state index in [0.717, 1.165) is 24.9 Å². The van der Waals surface area contributed by atoms with E-state index >= 15 is 0 Å². The molecule has 1 fully saturated rings. The predicted molar refractivity (Wildman–Crippen MR) is 101 cm³/mol. The zero-order chi connectivity index (χ0) is 19.9. The Morgan fingerprint density at radius 2 is 2.00 bits per heavy atom. The van der Waals surface area contributed by atoms with Gasteiger partial charge >= 0.3 is 0 Å². The molecule has 1 saturated heterocycles. The van der Waals surface area contributed by atoms with Gasteiger partial charge in [-0.3, -0.25) is 4.79 Å². The molecule has 2 N–H and O–H groups in total. The summed E-state index contributed by atoms with van der Waals surface area (Å²) in [5.41, 5.74) is 1.44. The van der Waals surface area contributed by atoms with Crippen molar-refractivity contribution in [3.05, 3.63) is 59.2 Å². The SMILES string of the molecule is COc1cc(OCCc2ccc(F)cc2)c(F)cc1CNC(=O)C1CCCN1. The number of hydrogen-bond donors (Lipinski definition) is 2. The summed E-state index contributed by atoms with van der Waals surface area (Å²) in [6, 6.07) is 8.70. The van der Waals surface area contributed by atoms with Crippen LogP contribution in [0.15, 0.2) is 36.4 Å². The number of amides is 1. The van der Waals surface area contributed by atoms with E-state index in [0.29, 0.717) is 17.7 Å². The van der Waals surface area contributed by atoms with E-state index in [4.69, 9.17) is 9.47 Å². The quantitative estimate of drug-likeness (QED) is 0.728. The lowest BCUT2D eigenvalue weighted by Gasteiger charge is -2.15. The van der Waals surface area contributed by atoms with E-state index in [9.17, 15) is 13.6 Å². The largest absolute Gasteiger partial charge is 0.496 e. The van der Waals surface area contributed by atoms with Crippen molar-refractivity contribution in [1.82, 2.24) is 10.6 Å². The van der Waals surface area contributed by atoms with Gasteiger partial charge in [-0.2, -0.15) is 0 Å². The average molecular weight is 390 g/mol. The molecule has 2 aromatic rings. The van der Waals surface area contributed by atoms with Gasteiger partial charge in [-0.15, -0.1) is 0 Å². The summed E-state index contributed by atoms with van der Waals surface area (Å²) in [5, 5.41) is 5.94. The molecule has 3 rings (SSSR count). The molecule has 1 unspecified atom stereocenters. The highest BCUT2D eigenvalue weighted by molar-refractivity contribution is 5.82. The van der Waals surface area contributed by atoms with Crippen LogP contribution < -0.4 is 20.1 Å². The lowest BCUT2D eigenvalue weighted by atomic mass is 10.1. The Hall–Kier alpha value is -2.67. The first-order valence-corrected chi connectivity index (χ1v) is 9.31. The van der Waals surface area contributed by atoms with Crippen LogP contribution in [-0.4, -0.2) is 32.2 Å². The minimum absolute atomic E-state index is 0.0755. The van der Waals surface area contributed by atoms with Crippen LogP contribution >= 0.6 is 0 Å². The standard InChI is InChI=1S/C21H24F2N2O3/c1-27-19-12-20(28-10-8-14-4-6-16(22)7-5-14)17(23)11-15(19)13-25-21(26)18-3-2-9-24-18/h4-7,11-12,18,24H,2-3,8-10,13H2,1H3,(H,25,26). The molecule has 1 aliphatic heterocycles. The summed E-state index contributed by atoms with van der Waals surface area (Å²) in [6.45, 7) is 1.25. The summed E-state index contributed by atoms with van der Waals surface area (Å²) >= 11 is 0. The Morgan fingerprint density at radius 3 is 2.68 bits per heavy atom. The molecule has 0 bridgehead atoms. The zero-order valence-corrected chi connectivity index (χ0v) is 15.8. The Morgan fingerprint density at radius 1 is 1.21 bits per heavy atom. The molecule has 2 aromatic carbocycles. The molecule has 7 heteroatoms. The van der Waals surface area contributed by atoms with E-state index in [1.54, 1.807) is 12.1 Å². The van der Waals surface area contributed by atoms with Crippen molar-refractivity contribution in [2.24, 2.45) is 0 Å². The van der Waals surface area contributed by atoms with E-state index in [1.807, 2.05) is 0 Å². The normalized spacial score (nSPS) is 16.0.